The summed E-state index contributed by atoms with van der Waals surface area (Å²) >= 11 is 0. The number of carbonyl (C=O) groups excluding carboxylic acids is 2. The van der Waals surface area contributed by atoms with Crippen LogP contribution in [0.3, 0.4) is 0 Å². The Morgan fingerprint density at radius 2 is 1.88 bits per heavy atom. The fourth-order valence-corrected chi connectivity index (χ4v) is 2.09. The maximum atomic E-state index is 12.0. The predicted octanol–water partition coefficient (Wildman–Crippen LogP) is 3.05. The van der Waals surface area contributed by atoms with E-state index in [0.717, 1.165) is 12.8 Å². The van der Waals surface area contributed by atoms with Crippen molar-refractivity contribution in [2.24, 2.45) is 17.8 Å². The minimum Gasteiger partial charge on any atom is -0.511 e. The van der Waals surface area contributed by atoms with Gasteiger partial charge in [0.25, 0.3) is 0 Å². The van der Waals surface area contributed by atoms with Gasteiger partial charge in [0.1, 0.15) is 5.76 Å². The van der Waals surface area contributed by atoms with E-state index in [4.69, 9.17) is 0 Å². The number of Topliss-reactive ketones (excluding diaryl/α,β-unsaturated/α-hetero) is 2. The standard InChI is InChI=1S/C14H22O3/c1-8(2)5-6-10-7-11(15)12(14(10)17)13(16)9(3)4/h8-10,16H,5-7H2,1-4H3/b13-12-. The van der Waals surface area contributed by atoms with Crippen molar-refractivity contribution in [1.82, 2.24) is 0 Å². The molecule has 1 aliphatic rings. The van der Waals surface area contributed by atoms with Gasteiger partial charge in [-0.2, -0.15) is 0 Å². The Morgan fingerprint density at radius 3 is 2.35 bits per heavy atom. The third-order valence-corrected chi connectivity index (χ3v) is 3.22. The Kier molecular flexibility index (Phi) is 4.49. The molecule has 0 bridgehead atoms. The monoisotopic (exact) mass is 238 g/mol. The first kappa shape index (κ1) is 13.9. The molecule has 0 heterocycles. The second-order valence-electron chi connectivity index (χ2n) is 5.57. The summed E-state index contributed by atoms with van der Waals surface area (Å²) in [5.41, 5.74) is 0.0637. The lowest BCUT2D eigenvalue weighted by Gasteiger charge is -2.09. The van der Waals surface area contributed by atoms with E-state index < -0.39 is 0 Å². The molecule has 1 unspecified atom stereocenters. The fraction of sp³-hybridized carbons (Fsp3) is 0.714. The summed E-state index contributed by atoms with van der Waals surface area (Å²) in [6, 6.07) is 0. The number of allylic oxidation sites excluding steroid dienone is 2. The maximum Gasteiger partial charge on any atom is 0.173 e. The smallest absolute Gasteiger partial charge is 0.173 e. The molecule has 0 aromatic heterocycles. The van der Waals surface area contributed by atoms with E-state index in [-0.39, 0.29) is 41.2 Å². The molecular formula is C14H22O3. The second kappa shape index (κ2) is 5.48. The zero-order valence-electron chi connectivity index (χ0n) is 11.1. The number of aliphatic hydroxyl groups is 1. The van der Waals surface area contributed by atoms with Gasteiger partial charge in [-0.05, 0) is 12.3 Å². The maximum absolute atomic E-state index is 12.0. The molecule has 1 fully saturated rings. The normalized spacial score (nSPS) is 24.0. The van der Waals surface area contributed by atoms with Crippen LogP contribution < -0.4 is 0 Å². The molecule has 1 rings (SSSR count). The van der Waals surface area contributed by atoms with Crippen LogP contribution in [-0.4, -0.2) is 16.7 Å². The van der Waals surface area contributed by atoms with Crippen molar-refractivity contribution < 1.29 is 14.7 Å². The van der Waals surface area contributed by atoms with Gasteiger partial charge in [0, 0.05) is 18.3 Å². The summed E-state index contributed by atoms with van der Waals surface area (Å²) in [7, 11) is 0. The number of ketones is 2. The molecule has 0 aliphatic heterocycles. The quantitative estimate of drug-likeness (QED) is 0.465. The lowest BCUT2D eigenvalue weighted by atomic mass is 9.95. The molecule has 1 aliphatic carbocycles. The number of hydrogen-bond donors (Lipinski definition) is 1. The van der Waals surface area contributed by atoms with Gasteiger partial charge >= 0.3 is 0 Å². The highest BCUT2D eigenvalue weighted by Crippen LogP contribution is 2.31. The molecule has 0 spiro atoms. The van der Waals surface area contributed by atoms with Gasteiger partial charge in [0.2, 0.25) is 0 Å². The molecule has 0 aromatic rings. The van der Waals surface area contributed by atoms with Gasteiger partial charge in [-0.1, -0.05) is 34.1 Å². The molecule has 0 aromatic carbocycles. The summed E-state index contributed by atoms with van der Waals surface area (Å²) in [5, 5.41) is 9.80. The van der Waals surface area contributed by atoms with E-state index >= 15 is 0 Å². The molecule has 1 N–H and O–H groups in total. The van der Waals surface area contributed by atoms with Crippen LogP contribution in [0, 0.1) is 17.8 Å². The number of aliphatic hydroxyl groups excluding tert-OH is 1. The summed E-state index contributed by atoms with van der Waals surface area (Å²) in [6.45, 7) is 7.77. The molecule has 0 saturated heterocycles. The van der Waals surface area contributed by atoms with Crippen molar-refractivity contribution in [3.05, 3.63) is 11.3 Å². The van der Waals surface area contributed by atoms with Gasteiger partial charge in [-0.3, -0.25) is 9.59 Å². The number of carbonyl (C=O) groups is 2. The summed E-state index contributed by atoms with van der Waals surface area (Å²) in [4.78, 5) is 23.8. The zero-order valence-corrected chi connectivity index (χ0v) is 11.1. The van der Waals surface area contributed by atoms with E-state index in [2.05, 4.69) is 13.8 Å². The molecular weight excluding hydrogens is 216 g/mol. The summed E-state index contributed by atoms with van der Waals surface area (Å²) in [5.74, 6) is -0.212. The molecule has 3 heteroatoms. The molecule has 17 heavy (non-hydrogen) atoms. The highest BCUT2D eigenvalue weighted by atomic mass is 16.3. The van der Waals surface area contributed by atoms with Crippen LogP contribution in [0.2, 0.25) is 0 Å². The highest BCUT2D eigenvalue weighted by molar-refractivity contribution is 6.26. The van der Waals surface area contributed by atoms with Gasteiger partial charge in [-0.15, -0.1) is 0 Å². The van der Waals surface area contributed by atoms with Crippen LogP contribution in [0.5, 0.6) is 0 Å². The molecule has 0 amide bonds. The summed E-state index contributed by atoms with van der Waals surface area (Å²) in [6.07, 6.45) is 1.97. The molecule has 3 nitrogen and oxygen atoms in total. The van der Waals surface area contributed by atoms with Gasteiger partial charge in [-0.25, -0.2) is 0 Å². The van der Waals surface area contributed by atoms with Crippen molar-refractivity contribution in [3.63, 3.8) is 0 Å². The SMILES string of the molecule is CC(C)CCC1CC(=O)/C(=C(/O)C(C)C)C1=O. The molecule has 1 saturated carbocycles. The Morgan fingerprint density at radius 1 is 1.29 bits per heavy atom. The van der Waals surface area contributed by atoms with E-state index in [1.807, 2.05) is 0 Å². The van der Waals surface area contributed by atoms with Crippen LogP contribution >= 0.6 is 0 Å². The van der Waals surface area contributed by atoms with Crippen molar-refractivity contribution in [3.8, 4) is 0 Å². The van der Waals surface area contributed by atoms with E-state index in [1.54, 1.807) is 13.8 Å². The van der Waals surface area contributed by atoms with E-state index in [0.29, 0.717) is 5.92 Å². The number of hydrogen-bond acceptors (Lipinski definition) is 3. The second-order valence-corrected chi connectivity index (χ2v) is 5.57. The van der Waals surface area contributed by atoms with Crippen LogP contribution in [0.15, 0.2) is 11.3 Å². The third kappa shape index (κ3) is 3.18. The zero-order chi connectivity index (χ0) is 13.2. The minimum absolute atomic E-state index is 0.0351. The Labute approximate surface area is 103 Å². The first-order valence-corrected chi connectivity index (χ1v) is 6.35. The average molecular weight is 238 g/mol. The minimum atomic E-state index is -0.208. The van der Waals surface area contributed by atoms with Crippen molar-refractivity contribution in [2.75, 3.05) is 0 Å². The first-order chi connectivity index (χ1) is 7.84. The van der Waals surface area contributed by atoms with Gasteiger partial charge in [0.15, 0.2) is 11.6 Å². The lowest BCUT2D eigenvalue weighted by molar-refractivity contribution is -0.118. The van der Waals surface area contributed by atoms with E-state index in [9.17, 15) is 14.7 Å². The fourth-order valence-electron chi connectivity index (χ4n) is 2.09. The Balaban J connectivity index is 2.83. The Hall–Kier alpha value is -1.12. The summed E-state index contributed by atoms with van der Waals surface area (Å²) < 4.78 is 0. The van der Waals surface area contributed by atoms with Crippen molar-refractivity contribution >= 4 is 11.6 Å². The third-order valence-electron chi connectivity index (χ3n) is 3.22. The van der Waals surface area contributed by atoms with Crippen LogP contribution in [0.1, 0.15) is 47.0 Å². The van der Waals surface area contributed by atoms with Crippen LogP contribution in [0.25, 0.3) is 0 Å². The lowest BCUT2D eigenvalue weighted by Crippen LogP contribution is -2.12. The average Bonchev–Trinajstić information content (AvgIpc) is 2.50. The first-order valence-electron chi connectivity index (χ1n) is 6.35. The molecule has 0 radical (unpaired) electrons. The predicted molar refractivity (Wildman–Crippen MR) is 66.7 cm³/mol. The van der Waals surface area contributed by atoms with Crippen molar-refractivity contribution in [2.45, 2.75) is 47.0 Å². The Bertz CT molecular complexity index is 350. The van der Waals surface area contributed by atoms with Gasteiger partial charge in [0.05, 0.1) is 5.57 Å². The highest BCUT2D eigenvalue weighted by Gasteiger charge is 2.38. The van der Waals surface area contributed by atoms with E-state index in [1.165, 1.54) is 0 Å². The van der Waals surface area contributed by atoms with Crippen molar-refractivity contribution in [1.29, 1.82) is 0 Å². The van der Waals surface area contributed by atoms with Crippen LogP contribution in [-0.2, 0) is 9.59 Å². The molecule has 96 valence electrons. The van der Waals surface area contributed by atoms with Gasteiger partial charge < -0.3 is 5.11 Å². The largest absolute Gasteiger partial charge is 0.511 e. The van der Waals surface area contributed by atoms with Crippen LogP contribution in [0.4, 0.5) is 0 Å². The topological polar surface area (TPSA) is 54.4 Å². The molecule has 1 atom stereocenters. The number of rotatable bonds is 4.